The highest BCUT2D eigenvalue weighted by Gasteiger charge is 2.29. The lowest BCUT2D eigenvalue weighted by Gasteiger charge is -2.35. The monoisotopic (exact) mass is 661 g/mol. The van der Waals surface area contributed by atoms with E-state index in [9.17, 15) is 5.11 Å². The van der Waals surface area contributed by atoms with Crippen LogP contribution in [0.25, 0.3) is 0 Å². The molecule has 234 valence electrons. The lowest BCUT2D eigenvalue weighted by Crippen LogP contribution is -2.36. The highest BCUT2D eigenvalue weighted by Crippen LogP contribution is 2.36. The van der Waals surface area contributed by atoms with Crippen LogP contribution < -0.4 is 14.2 Å². The van der Waals surface area contributed by atoms with Gasteiger partial charge >= 0.3 is 0 Å². The number of hydrogen-bond acceptors (Lipinski definition) is 6. The summed E-state index contributed by atoms with van der Waals surface area (Å²) in [7, 11) is 3.35. The summed E-state index contributed by atoms with van der Waals surface area (Å²) in [5.41, 5.74) is 5.22. The number of rotatable bonds is 11. The topological polar surface area (TPSA) is 60.4 Å². The van der Waals surface area contributed by atoms with Crippen LogP contribution in [-0.2, 0) is 17.8 Å². The minimum absolute atomic E-state index is 0.114. The Balaban J connectivity index is 0.00000216. The molecule has 4 aromatic carbocycles. The summed E-state index contributed by atoms with van der Waals surface area (Å²) in [5, 5.41) is 11.7. The summed E-state index contributed by atoms with van der Waals surface area (Å²) in [4.78, 5) is 2.35. The molecule has 0 aromatic heterocycles. The molecule has 0 amide bonds. The minimum atomic E-state index is -0.728. The number of aliphatic hydroxyl groups excluding tert-OH is 1. The van der Waals surface area contributed by atoms with Gasteiger partial charge in [-0.15, -0.1) is 0 Å². The molecule has 0 saturated carbocycles. The van der Waals surface area contributed by atoms with Crippen molar-refractivity contribution >= 4 is 15.9 Å². The van der Waals surface area contributed by atoms with Crippen LogP contribution in [0, 0.1) is 0 Å². The van der Waals surface area contributed by atoms with Gasteiger partial charge in [0.25, 0.3) is 0 Å². The minimum Gasteiger partial charge on any atom is -0.497 e. The zero-order valence-corrected chi connectivity index (χ0v) is 28.1. The molecule has 0 radical (unpaired) electrons. The highest BCUT2D eigenvalue weighted by atomic mass is 79.9. The zero-order valence-electron chi connectivity index (χ0n) is 26.5. The third-order valence-corrected chi connectivity index (χ3v) is 8.17. The molecule has 1 heterocycles. The van der Waals surface area contributed by atoms with Crippen LogP contribution in [0.2, 0.25) is 0 Å². The van der Waals surface area contributed by atoms with E-state index in [2.05, 4.69) is 69.4 Å². The zero-order chi connectivity index (χ0) is 31.7. The Kier molecular flexibility index (Phi) is 11.9. The number of nitrogens with zero attached hydrogens (tertiary/aromatic N) is 1. The molecule has 7 heteroatoms. The van der Waals surface area contributed by atoms with Crippen LogP contribution >= 0.6 is 15.9 Å². The standard InChI is InChI=1S/C35H38BrNO5.C2H6/c1-35(2)41-23-28-21-27(11-18-33(28)42-35)32(38)22-37(20-19-24-5-12-29(36)13-6-24)34(25-7-14-30(39-3)15-8-25)26-9-16-31(40-4)17-10-26;1-2/h5-18,21,32,34,38H,19-20,22-23H2,1-4H3;1-2H3. The molecule has 44 heavy (non-hydrogen) atoms. The smallest absolute Gasteiger partial charge is 0.205 e. The van der Waals surface area contributed by atoms with E-state index < -0.39 is 11.9 Å². The molecule has 0 aliphatic carbocycles. The van der Waals surface area contributed by atoms with Crippen molar-refractivity contribution in [2.45, 2.75) is 58.7 Å². The third kappa shape index (κ3) is 8.63. The predicted octanol–water partition coefficient (Wildman–Crippen LogP) is 8.51. The quantitative estimate of drug-likeness (QED) is 0.174. The molecule has 0 fully saturated rings. The molecule has 0 bridgehead atoms. The Bertz CT molecular complexity index is 1410. The number of ether oxygens (including phenoxy) is 4. The van der Waals surface area contributed by atoms with Gasteiger partial charge in [-0.3, -0.25) is 4.90 Å². The lowest BCUT2D eigenvalue weighted by molar-refractivity contribution is -0.180. The molecule has 1 aliphatic heterocycles. The summed E-state index contributed by atoms with van der Waals surface area (Å²) >= 11 is 3.54. The van der Waals surface area contributed by atoms with E-state index in [1.165, 1.54) is 5.56 Å². The van der Waals surface area contributed by atoms with E-state index in [4.69, 9.17) is 18.9 Å². The molecule has 5 rings (SSSR count). The van der Waals surface area contributed by atoms with Gasteiger partial charge in [0, 0.05) is 37.0 Å². The largest absolute Gasteiger partial charge is 0.497 e. The Morgan fingerprint density at radius 1 is 0.818 bits per heavy atom. The second-order valence-electron chi connectivity index (χ2n) is 11.0. The number of benzene rings is 4. The van der Waals surface area contributed by atoms with Crippen LogP contribution in [0.5, 0.6) is 17.2 Å². The van der Waals surface area contributed by atoms with Gasteiger partial charge in [-0.1, -0.05) is 72.2 Å². The van der Waals surface area contributed by atoms with E-state index in [-0.39, 0.29) is 6.04 Å². The number of fused-ring (bicyclic) bond motifs is 1. The Labute approximate surface area is 270 Å². The summed E-state index contributed by atoms with van der Waals surface area (Å²) in [6.45, 7) is 9.40. The first-order valence-electron chi connectivity index (χ1n) is 15.1. The maximum Gasteiger partial charge on any atom is 0.205 e. The summed E-state index contributed by atoms with van der Waals surface area (Å²) in [6.07, 6.45) is 0.0955. The first-order chi connectivity index (χ1) is 21.2. The number of hydrogen-bond donors (Lipinski definition) is 1. The van der Waals surface area contributed by atoms with Crippen LogP contribution in [0.4, 0.5) is 0 Å². The summed E-state index contributed by atoms with van der Waals surface area (Å²) < 4.78 is 23.8. The van der Waals surface area contributed by atoms with E-state index >= 15 is 0 Å². The number of halogens is 1. The summed E-state index contributed by atoms with van der Waals surface area (Å²) in [5.74, 6) is 1.73. The van der Waals surface area contributed by atoms with Gasteiger partial charge in [0.15, 0.2) is 0 Å². The molecule has 4 aromatic rings. The van der Waals surface area contributed by atoms with Gasteiger partial charge in [-0.2, -0.15) is 0 Å². The average molecular weight is 663 g/mol. The predicted molar refractivity (Wildman–Crippen MR) is 179 cm³/mol. The van der Waals surface area contributed by atoms with Crippen molar-refractivity contribution in [2.75, 3.05) is 27.3 Å². The van der Waals surface area contributed by atoms with Crippen LogP contribution in [0.3, 0.4) is 0 Å². The maximum atomic E-state index is 11.7. The highest BCUT2D eigenvalue weighted by molar-refractivity contribution is 9.10. The van der Waals surface area contributed by atoms with Gasteiger partial charge in [-0.25, -0.2) is 0 Å². The average Bonchev–Trinajstić information content (AvgIpc) is 3.05. The van der Waals surface area contributed by atoms with Crippen molar-refractivity contribution in [3.05, 3.63) is 123 Å². The SMILES string of the molecule is CC.COc1ccc(C(c2ccc(OC)cc2)N(CCc2ccc(Br)cc2)CC(O)c2ccc3c(c2)COC(C)(C)O3)cc1. The van der Waals surface area contributed by atoms with Crippen molar-refractivity contribution < 1.29 is 24.1 Å². The fourth-order valence-electron chi connectivity index (χ4n) is 5.33. The van der Waals surface area contributed by atoms with E-state index in [1.54, 1.807) is 14.2 Å². The maximum absolute atomic E-state index is 11.7. The van der Waals surface area contributed by atoms with E-state index in [0.29, 0.717) is 13.2 Å². The van der Waals surface area contributed by atoms with Gasteiger partial charge in [0.1, 0.15) is 17.2 Å². The normalized spacial score (nSPS) is 14.2. The van der Waals surface area contributed by atoms with Crippen molar-refractivity contribution in [1.82, 2.24) is 4.90 Å². The molecular weight excluding hydrogens is 618 g/mol. The van der Waals surface area contributed by atoms with Crippen molar-refractivity contribution in [3.63, 3.8) is 0 Å². The van der Waals surface area contributed by atoms with Gasteiger partial charge < -0.3 is 24.1 Å². The first kappa shape index (κ1) is 33.5. The molecule has 6 nitrogen and oxygen atoms in total. The molecule has 1 atom stereocenters. The first-order valence-corrected chi connectivity index (χ1v) is 15.9. The van der Waals surface area contributed by atoms with Gasteiger partial charge in [0.05, 0.1) is 33.0 Å². The Morgan fingerprint density at radius 3 is 1.91 bits per heavy atom. The molecule has 1 aliphatic rings. The van der Waals surface area contributed by atoms with Crippen LogP contribution in [0.1, 0.15) is 67.7 Å². The van der Waals surface area contributed by atoms with E-state index in [1.807, 2.05) is 70.2 Å². The van der Waals surface area contributed by atoms with Gasteiger partial charge in [-0.05, 0) is 77.2 Å². The van der Waals surface area contributed by atoms with Crippen molar-refractivity contribution in [1.29, 1.82) is 0 Å². The Hall–Kier alpha value is -3.36. The van der Waals surface area contributed by atoms with Crippen LogP contribution in [-0.4, -0.2) is 43.1 Å². The Morgan fingerprint density at radius 2 is 1.36 bits per heavy atom. The molecule has 0 spiro atoms. The van der Waals surface area contributed by atoms with Crippen LogP contribution in [0.15, 0.2) is 95.5 Å². The lowest BCUT2D eigenvalue weighted by atomic mass is 9.95. The summed E-state index contributed by atoms with van der Waals surface area (Å²) in [6, 6.07) is 30.5. The second kappa shape index (κ2) is 15.6. The molecule has 1 unspecified atom stereocenters. The third-order valence-electron chi connectivity index (χ3n) is 7.64. The molecule has 1 N–H and O–H groups in total. The van der Waals surface area contributed by atoms with Crippen molar-refractivity contribution in [2.24, 2.45) is 0 Å². The molecule has 0 saturated heterocycles. The van der Waals surface area contributed by atoms with Crippen molar-refractivity contribution in [3.8, 4) is 17.2 Å². The fraction of sp³-hybridized carbons (Fsp3) is 0.351. The number of aliphatic hydroxyl groups is 1. The number of methoxy groups -OCH3 is 2. The fourth-order valence-corrected chi connectivity index (χ4v) is 5.59. The van der Waals surface area contributed by atoms with E-state index in [0.717, 1.165) is 56.9 Å². The molecular formula is C37H44BrNO5. The van der Waals surface area contributed by atoms with Gasteiger partial charge in [0.2, 0.25) is 5.79 Å². The second-order valence-corrected chi connectivity index (χ2v) is 11.9.